The van der Waals surface area contributed by atoms with Crippen molar-refractivity contribution in [3.8, 4) is 78.7 Å². The zero-order valence-electron chi connectivity index (χ0n) is 36.9. The van der Waals surface area contributed by atoms with Crippen LogP contribution in [-0.4, -0.2) is 15.0 Å². The molecule has 68 heavy (non-hydrogen) atoms. The summed E-state index contributed by atoms with van der Waals surface area (Å²) in [5.74, 6) is 1.93. The minimum atomic E-state index is -0.441. The van der Waals surface area contributed by atoms with Crippen molar-refractivity contribution in [2.75, 3.05) is 0 Å². The van der Waals surface area contributed by atoms with Crippen LogP contribution in [0.1, 0.15) is 22.3 Å². The molecule has 0 saturated carbocycles. The lowest BCUT2D eigenvalue weighted by atomic mass is 9.67. The maximum atomic E-state index is 5.26. The second-order valence-electron chi connectivity index (χ2n) is 17.4. The molecule has 12 aromatic rings. The SMILES string of the molecule is c1ccc(-c2ccccc2-c2nc(-c3ccc(-c4ccc(-c5ccc6c(c5)C(c5ccccc5)(c5ccccc5)c5ccccc5-6)cc4)cc3)nc(-c3cccc4c3sc3ccccc34)n2)cc1. The van der Waals surface area contributed by atoms with Gasteiger partial charge in [0.1, 0.15) is 0 Å². The highest BCUT2D eigenvalue weighted by Crippen LogP contribution is 2.56. The molecule has 1 aliphatic rings. The van der Waals surface area contributed by atoms with Crippen LogP contribution in [0.15, 0.2) is 249 Å². The third-order valence-electron chi connectivity index (χ3n) is 13.7. The molecule has 1 aliphatic carbocycles. The lowest BCUT2D eigenvalue weighted by molar-refractivity contribution is 0.769. The monoisotopic (exact) mass is 883 g/mol. The molecule has 0 aliphatic heterocycles. The number of thiophene rings is 1. The second kappa shape index (κ2) is 16.4. The van der Waals surface area contributed by atoms with Gasteiger partial charge in [-0.3, -0.25) is 0 Å². The number of aromatic nitrogens is 3. The molecule has 0 spiro atoms. The maximum absolute atomic E-state index is 5.26. The molecule has 0 fully saturated rings. The average Bonchev–Trinajstić information content (AvgIpc) is 3.95. The van der Waals surface area contributed by atoms with E-state index in [2.05, 4.69) is 243 Å². The number of benzene rings is 10. The van der Waals surface area contributed by atoms with Gasteiger partial charge in [-0.2, -0.15) is 0 Å². The topological polar surface area (TPSA) is 38.7 Å². The summed E-state index contributed by atoms with van der Waals surface area (Å²) in [7, 11) is 0. The maximum Gasteiger partial charge on any atom is 0.165 e. The van der Waals surface area contributed by atoms with E-state index in [9.17, 15) is 0 Å². The normalized spacial score (nSPS) is 12.5. The Hall–Kier alpha value is -8.57. The van der Waals surface area contributed by atoms with Crippen LogP contribution in [0.2, 0.25) is 0 Å². The molecule has 318 valence electrons. The molecule has 0 atom stereocenters. The van der Waals surface area contributed by atoms with Gasteiger partial charge in [-0.1, -0.05) is 231 Å². The van der Waals surface area contributed by atoms with Crippen molar-refractivity contribution in [1.82, 2.24) is 15.0 Å². The molecule has 13 rings (SSSR count). The van der Waals surface area contributed by atoms with Crippen LogP contribution < -0.4 is 0 Å². The quantitative estimate of drug-likeness (QED) is 0.153. The Labute approximate surface area is 399 Å². The van der Waals surface area contributed by atoms with Gasteiger partial charge in [0.15, 0.2) is 17.5 Å². The third-order valence-corrected chi connectivity index (χ3v) is 14.9. The highest BCUT2D eigenvalue weighted by molar-refractivity contribution is 7.26. The van der Waals surface area contributed by atoms with E-state index >= 15 is 0 Å². The molecule has 0 bridgehead atoms. The van der Waals surface area contributed by atoms with E-state index in [-0.39, 0.29) is 0 Å². The lowest BCUT2D eigenvalue weighted by Gasteiger charge is -2.34. The van der Waals surface area contributed by atoms with Gasteiger partial charge in [0.25, 0.3) is 0 Å². The molecule has 0 N–H and O–H groups in total. The molecular formula is C64H41N3S. The van der Waals surface area contributed by atoms with Crippen LogP contribution in [0.5, 0.6) is 0 Å². The van der Waals surface area contributed by atoms with Crippen molar-refractivity contribution in [1.29, 1.82) is 0 Å². The fourth-order valence-electron chi connectivity index (χ4n) is 10.5. The fraction of sp³-hybridized carbons (Fsp3) is 0.0156. The van der Waals surface area contributed by atoms with Crippen LogP contribution in [0, 0.1) is 0 Å². The van der Waals surface area contributed by atoms with E-state index < -0.39 is 5.41 Å². The molecule has 0 saturated heterocycles. The summed E-state index contributed by atoms with van der Waals surface area (Å²) in [5.41, 5.74) is 17.0. The first-order valence-electron chi connectivity index (χ1n) is 23.1. The van der Waals surface area contributed by atoms with Crippen LogP contribution in [0.25, 0.3) is 98.8 Å². The Kier molecular flexibility index (Phi) is 9.59. The van der Waals surface area contributed by atoms with E-state index in [1.54, 1.807) is 11.3 Å². The summed E-state index contributed by atoms with van der Waals surface area (Å²) in [6.45, 7) is 0. The van der Waals surface area contributed by atoms with Gasteiger partial charge < -0.3 is 0 Å². The minimum Gasteiger partial charge on any atom is -0.208 e. The van der Waals surface area contributed by atoms with Gasteiger partial charge in [-0.15, -0.1) is 11.3 Å². The van der Waals surface area contributed by atoms with Crippen molar-refractivity contribution in [3.63, 3.8) is 0 Å². The Bertz CT molecular complexity index is 3780. The summed E-state index contributed by atoms with van der Waals surface area (Å²) in [4.78, 5) is 15.7. The highest BCUT2D eigenvalue weighted by Gasteiger charge is 2.46. The Morgan fingerprint density at radius 1 is 0.279 bits per heavy atom. The first-order chi connectivity index (χ1) is 33.7. The number of fused-ring (bicyclic) bond motifs is 6. The first-order valence-corrected chi connectivity index (χ1v) is 23.9. The molecular weight excluding hydrogens is 843 g/mol. The van der Waals surface area contributed by atoms with Gasteiger partial charge in [-0.25, -0.2) is 15.0 Å². The fourth-order valence-corrected chi connectivity index (χ4v) is 11.7. The van der Waals surface area contributed by atoms with Gasteiger partial charge in [-0.05, 0) is 85.0 Å². The molecule has 2 heterocycles. The van der Waals surface area contributed by atoms with Gasteiger partial charge in [0, 0.05) is 36.9 Å². The van der Waals surface area contributed by atoms with E-state index in [4.69, 9.17) is 15.0 Å². The second-order valence-corrected chi connectivity index (χ2v) is 18.5. The van der Waals surface area contributed by atoms with Gasteiger partial charge >= 0.3 is 0 Å². The Morgan fingerprint density at radius 3 is 1.44 bits per heavy atom. The third kappa shape index (κ3) is 6.52. The summed E-state index contributed by atoms with van der Waals surface area (Å²) in [6.07, 6.45) is 0. The van der Waals surface area contributed by atoms with Crippen molar-refractivity contribution in [2.45, 2.75) is 5.41 Å². The van der Waals surface area contributed by atoms with E-state index in [0.717, 1.165) is 38.9 Å². The van der Waals surface area contributed by atoms with Gasteiger partial charge in [0.2, 0.25) is 0 Å². The number of nitrogens with zero attached hydrogens (tertiary/aromatic N) is 3. The summed E-state index contributed by atoms with van der Waals surface area (Å²) >= 11 is 1.79. The molecule has 4 heteroatoms. The van der Waals surface area contributed by atoms with E-state index in [1.807, 2.05) is 6.07 Å². The molecule has 3 nitrogen and oxygen atoms in total. The molecule has 0 amide bonds. The molecule has 10 aromatic carbocycles. The summed E-state index contributed by atoms with van der Waals surface area (Å²) < 4.78 is 2.41. The van der Waals surface area contributed by atoms with Crippen LogP contribution in [-0.2, 0) is 5.41 Å². The largest absolute Gasteiger partial charge is 0.208 e. The number of hydrogen-bond acceptors (Lipinski definition) is 4. The minimum absolute atomic E-state index is 0.441. The van der Waals surface area contributed by atoms with Crippen molar-refractivity contribution < 1.29 is 0 Å². The van der Waals surface area contributed by atoms with Crippen molar-refractivity contribution in [2.24, 2.45) is 0 Å². The summed E-state index contributed by atoms with van der Waals surface area (Å²) in [5, 5.41) is 2.45. The standard InChI is InChI=1S/C64H41N3S/c1-4-17-45(18-5-1)50-23-10-11-26-55(50)62-65-61(66-63(67-62)56-28-16-27-54-53-25-13-15-30-59(53)68-60(54)56)46-37-35-43(36-38-46)42-31-33-44(34-32-42)47-39-40-52-51-24-12-14-29-57(51)64(58(52)41-47,48-19-6-2-7-20-48)49-21-8-3-9-22-49/h1-41H. The number of rotatable bonds is 8. The molecule has 0 radical (unpaired) electrons. The summed E-state index contributed by atoms with van der Waals surface area (Å²) in [6, 6.07) is 89.5. The van der Waals surface area contributed by atoms with Crippen LogP contribution in [0.3, 0.4) is 0 Å². The van der Waals surface area contributed by atoms with Crippen molar-refractivity contribution in [3.05, 3.63) is 271 Å². The predicted molar refractivity (Wildman–Crippen MR) is 283 cm³/mol. The lowest BCUT2D eigenvalue weighted by Crippen LogP contribution is -2.28. The zero-order valence-corrected chi connectivity index (χ0v) is 37.7. The first kappa shape index (κ1) is 39.8. The van der Waals surface area contributed by atoms with Crippen LogP contribution >= 0.6 is 11.3 Å². The Balaban J connectivity index is 0.876. The van der Waals surface area contributed by atoms with E-state index in [1.165, 1.54) is 64.7 Å². The molecule has 0 unspecified atom stereocenters. The molecule has 2 aromatic heterocycles. The smallest absolute Gasteiger partial charge is 0.165 e. The zero-order chi connectivity index (χ0) is 45.0. The van der Waals surface area contributed by atoms with E-state index in [0.29, 0.717) is 17.5 Å². The van der Waals surface area contributed by atoms with Gasteiger partial charge in [0.05, 0.1) is 5.41 Å². The average molecular weight is 884 g/mol. The Morgan fingerprint density at radius 2 is 0.750 bits per heavy atom. The highest BCUT2D eigenvalue weighted by atomic mass is 32.1. The van der Waals surface area contributed by atoms with Crippen LogP contribution in [0.4, 0.5) is 0 Å². The van der Waals surface area contributed by atoms with Crippen molar-refractivity contribution >= 4 is 31.5 Å². The number of hydrogen-bond donors (Lipinski definition) is 0. The predicted octanol–water partition coefficient (Wildman–Crippen LogP) is 16.6.